The lowest BCUT2D eigenvalue weighted by Crippen LogP contribution is -2.18. The topological polar surface area (TPSA) is 53.9 Å². The van der Waals surface area contributed by atoms with Gasteiger partial charge in [-0.15, -0.1) is 0 Å². The van der Waals surface area contributed by atoms with Crippen LogP contribution in [0.3, 0.4) is 0 Å². The Kier molecular flexibility index (Phi) is 4.96. The molecule has 0 bridgehead atoms. The normalized spacial score (nSPS) is 14.5. The van der Waals surface area contributed by atoms with Gasteiger partial charge in [0, 0.05) is 25.1 Å². The molecule has 0 unspecified atom stereocenters. The first-order valence-electron chi connectivity index (χ1n) is 10.0. The lowest BCUT2D eigenvalue weighted by Gasteiger charge is -2.14. The fourth-order valence-corrected chi connectivity index (χ4v) is 4.80. The summed E-state index contributed by atoms with van der Waals surface area (Å²) in [4.78, 5) is 15.9. The second kappa shape index (κ2) is 7.89. The molecule has 0 atom stereocenters. The third-order valence-electron chi connectivity index (χ3n) is 5.38. The van der Waals surface area contributed by atoms with Crippen molar-refractivity contribution in [2.75, 3.05) is 18.4 Å². The Morgan fingerprint density at radius 2 is 1.97 bits per heavy atom. The van der Waals surface area contributed by atoms with Crippen molar-refractivity contribution in [1.82, 2.24) is 19.9 Å². The molecule has 5 nitrogen and oxygen atoms in total. The predicted octanol–water partition coefficient (Wildman–Crippen LogP) is 5.40. The smallest absolute Gasteiger partial charge is 0.189 e. The Balaban J connectivity index is 1.38. The molecule has 1 saturated heterocycles. The van der Waals surface area contributed by atoms with Crippen LogP contribution in [0.25, 0.3) is 21.3 Å². The van der Waals surface area contributed by atoms with Crippen molar-refractivity contribution in [2.24, 2.45) is 0 Å². The van der Waals surface area contributed by atoms with E-state index in [1.54, 1.807) is 11.3 Å². The van der Waals surface area contributed by atoms with Crippen LogP contribution in [0.4, 0.5) is 10.9 Å². The summed E-state index contributed by atoms with van der Waals surface area (Å²) in [6, 6.07) is 12.7. The van der Waals surface area contributed by atoms with Crippen molar-refractivity contribution in [3.63, 3.8) is 0 Å². The van der Waals surface area contributed by atoms with Gasteiger partial charge in [0.25, 0.3) is 0 Å². The highest BCUT2D eigenvalue weighted by Gasteiger charge is 2.13. The van der Waals surface area contributed by atoms with Gasteiger partial charge in [-0.1, -0.05) is 17.4 Å². The SMILES string of the molecule is Cc1cnccc1-c1ccc2nc(Nc3cc(CN4CCCC4)ccn3)sc2c1. The zero-order valence-corrected chi connectivity index (χ0v) is 17.2. The molecule has 6 heteroatoms. The molecule has 1 fully saturated rings. The molecule has 4 aromatic rings. The van der Waals surface area contributed by atoms with Gasteiger partial charge in [-0.2, -0.15) is 0 Å². The summed E-state index contributed by atoms with van der Waals surface area (Å²) in [5.41, 5.74) is 5.87. The molecule has 29 heavy (non-hydrogen) atoms. The number of thiazole rings is 1. The van der Waals surface area contributed by atoms with Gasteiger partial charge in [0.05, 0.1) is 10.2 Å². The largest absolute Gasteiger partial charge is 0.316 e. The highest BCUT2D eigenvalue weighted by Crippen LogP contribution is 2.32. The molecule has 4 heterocycles. The van der Waals surface area contributed by atoms with Crippen LogP contribution in [0.1, 0.15) is 24.0 Å². The molecule has 0 spiro atoms. The van der Waals surface area contributed by atoms with Crippen LogP contribution in [0.2, 0.25) is 0 Å². The number of nitrogens with one attached hydrogen (secondary N) is 1. The first-order chi connectivity index (χ1) is 14.2. The van der Waals surface area contributed by atoms with E-state index in [2.05, 4.69) is 63.5 Å². The molecule has 0 aliphatic carbocycles. The molecule has 3 aromatic heterocycles. The number of aromatic nitrogens is 3. The van der Waals surface area contributed by atoms with E-state index < -0.39 is 0 Å². The van der Waals surface area contributed by atoms with Crippen molar-refractivity contribution in [3.05, 3.63) is 66.1 Å². The molecule has 1 aliphatic rings. The zero-order valence-electron chi connectivity index (χ0n) is 16.4. The van der Waals surface area contributed by atoms with Gasteiger partial charge < -0.3 is 5.32 Å². The van der Waals surface area contributed by atoms with E-state index >= 15 is 0 Å². The quantitative estimate of drug-likeness (QED) is 0.485. The Morgan fingerprint density at radius 3 is 2.83 bits per heavy atom. The van der Waals surface area contributed by atoms with E-state index in [0.29, 0.717) is 0 Å². The number of anilines is 2. The standard InChI is InChI=1S/C23H23N5S/c1-16-14-24-8-7-19(16)18-4-5-20-21(13-18)29-23(26-20)27-22-12-17(6-9-25-22)15-28-10-2-3-11-28/h4-9,12-14H,2-3,10-11,15H2,1H3,(H,25,26,27). The predicted molar refractivity (Wildman–Crippen MR) is 120 cm³/mol. The van der Waals surface area contributed by atoms with Gasteiger partial charge in [-0.3, -0.25) is 9.88 Å². The minimum absolute atomic E-state index is 0.853. The molecule has 0 amide bonds. The molecular formula is C23H23N5S. The third-order valence-corrected chi connectivity index (χ3v) is 6.32. The van der Waals surface area contributed by atoms with Crippen molar-refractivity contribution >= 4 is 32.5 Å². The van der Waals surface area contributed by atoms with Crippen LogP contribution < -0.4 is 5.32 Å². The Hall–Kier alpha value is -2.83. The van der Waals surface area contributed by atoms with Gasteiger partial charge in [-0.25, -0.2) is 9.97 Å². The number of pyridine rings is 2. The summed E-state index contributed by atoms with van der Waals surface area (Å²) in [6.07, 6.45) is 8.24. The van der Waals surface area contributed by atoms with Gasteiger partial charge in [0.2, 0.25) is 0 Å². The average molecular weight is 402 g/mol. The van der Waals surface area contributed by atoms with E-state index in [1.165, 1.54) is 48.2 Å². The van der Waals surface area contributed by atoms with Crippen LogP contribution in [0.15, 0.2) is 55.0 Å². The summed E-state index contributed by atoms with van der Waals surface area (Å²) in [5, 5.41) is 4.27. The summed E-state index contributed by atoms with van der Waals surface area (Å²) in [5.74, 6) is 0.853. The number of fused-ring (bicyclic) bond motifs is 1. The fraction of sp³-hybridized carbons (Fsp3) is 0.261. The number of rotatable bonds is 5. The fourth-order valence-electron chi connectivity index (χ4n) is 3.89. The molecule has 1 aromatic carbocycles. The summed E-state index contributed by atoms with van der Waals surface area (Å²) >= 11 is 1.66. The minimum Gasteiger partial charge on any atom is -0.316 e. The average Bonchev–Trinajstić information content (AvgIpc) is 3.37. The van der Waals surface area contributed by atoms with Gasteiger partial charge in [-0.05, 0) is 85.4 Å². The number of hydrogen-bond donors (Lipinski definition) is 1. The lowest BCUT2D eigenvalue weighted by atomic mass is 10.0. The Labute approximate surface area is 174 Å². The van der Waals surface area contributed by atoms with E-state index in [1.807, 2.05) is 18.6 Å². The zero-order chi connectivity index (χ0) is 19.6. The van der Waals surface area contributed by atoms with Gasteiger partial charge in [0.1, 0.15) is 5.82 Å². The highest BCUT2D eigenvalue weighted by molar-refractivity contribution is 7.22. The van der Waals surface area contributed by atoms with Crippen LogP contribution in [0, 0.1) is 6.92 Å². The first-order valence-corrected chi connectivity index (χ1v) is 10.8. The van der Waals surface area contributed by atoms with Crippen molar-refractivity contribution < 1.29 is 0 Å². The second-order valence-corrected chi connectivity index (χ2v) is 8.58. The number of benzene rings is 1. The maximum Gasteiger partial charge on any atom is 0.189 e. The van der Waals surface area contributed by atoms with Crippen molar-refractivity contribution in [1.29, 1.82) is 0 Å². The summed E-state index contributed by atoms with van der Waals surface area (Å²) < 4.78 is 1.16. The molecular weight excluding hydrogens is 378 g/mol. The molecule has 1 N–H and O–H groups in total. The number of nitrogens with zero attached hydrogens (tertiary/aromatic N) is 4. The summed E-state index contributed by atoms with van der Waals surface area (Å²) in [7, 11) is 0. The van der Waals surface area contributed by atoms with Gasteiger partial charge >= 0.3 is 0 Å². The minimum atomic E-state index is 0.853. The van der Waals surface area contributed by atoms with E-state index in [0.717, 1.165) is 27.7 Å². The number of hydrogen-bond acceptors (Lipinski definition) is 6. The van der Waals surface area contributed by atoms with Crippen LogP contribution in [0.5, 0.6) is 0 Å². The van der Waals surface area contributed by atoms with E-state index in [4.69, 9.17) is 4.98 Å². The maximum atomic E-state index is 4.74. The monoisotopic (exact) mass is 401 g/mol. The van der Waals surface area contributed by atoms with Crippen molar-refractivity contribution in [3.8, 4) is 11.1 Å². The maximum absolute atomic E-state index is 4.74. The molecule has 146 valence electrons. The summed E-state index contributed by atoms with van der Waals surface area (Å²) in [6.45, 7) is 5.48. The second-order valence-electron chi connectivity index (χ2n) is 7.55. The highest BCUT2D eigenvalue weighted by atomic mass is 32.1. The van der Waals surface area contributed by atoms with Crippen LogP contribution in [-0.4, -0.2) is 32.9 Å². The van der Waals surface area contributed by atoms with Gasteiger partial charge in [0.15, 0.2) is 5.13 Å². The molecule has 0 radical (unpaired) electrons. The lowest BCUT2D eigenvalue weighted by molar-refractivity contribution is 0.331. The first kappa shape index (κ1) is 18.2. The van der Waals surface area contributed by atoms with E-state index in [9.17, 15) is 0 Å². The van der Waals surface area contributed by atoms with Crippen LogP contribution >= 0.6 is 11.3 Å². The third kappa shape index (κ3) is 3.99. The molecule has 0 saturated carbocycles. The molecule has 5 rings (SSSR count). The molecule has 1 aliphatic heterocycles. The Bertz CT molecular complexity index is 1150. The number of likely N-dealkylation sites (tertiary alicyclic amines) is 1. The van der Waals surface area contributed by atoms with Crippen molar-refractivity contribution in [2.45, 2.75) is 26.3 Å². The Morgan fingerprint density at radius 1 is 1.07 bits per heavy atom. The van der Waals surface area contributed by atoms with Crippen LogP contribution in [-0.2, 0) is 6.54 Å². The van der Waals surface area contributed by atoms with E-state index in [-0.39, 0.29) is 0 Å². The number of aryl methyl sites for hydroxylation is 1.